The van der Waals surface area contributed by atoms with Crippen molar-refractivity contribution in [2.24, 2.45) is 0 Å². The zero-order chi connectivity index (χ0) is 13.8. The Kier molecular flexibility index (Phi) is 4.07. The molecule has 0 heterocycles. The fourth-order valence-electron chi connectivity index (χ4n) is 1.80. The molecule has 19 heavy (non-hydrogen) atoms. The van der Waals surface area contributed by atoms with Crippen LogP contribution in [0.1, 0.15) is 17.3 Å². The summed E-state index contributed by atoms with van der Waals surface area (Å²) in [5.74, 6) is -0.240. The summed E-state index contributed by atoms with van der Waals surface area (Å²) in [5, 5.41) is 9.53. The number of hydrogen-bond acceptors (Lipinski definition) is 2. The van der Waals surface area contributed by atoms with Gasteiger partial charge in [0.05, 0.1) is 12.2 Å². The van der Waals surface area contributed by atoms with E-state index in [0.717, 1.165) is 11.3 Å². The van der Waals surface area contributed by atoms with Crippen LogP contribution >= 0.6 is 11.6 Å². The summed E-state index contributed by atoms with van der Waals surface area (Å²) in [6.07, 6.45) is 0. The van der Waals surface area contributed by atoms with Gasteiger partial charge in [0.25, 0.3) is 0 Å². The van der Waals surface area contributed by atoms with Gasteiger partial charge in [-0.1, -0.05) is 23.7 Å². The third kappa shape index (κ3) is 3.06. The second-order valence-electron chi connectivity index (χ2n) is 3.96. The van der Waals surface area contributed by atoms with E-state index in [2.05, 4.69) is 0 Å². The van der Waals surface area contributed by atoms with Crippen molar-refractivity contribution in [3.8, 4) is 16.9 Å². The zero-order valence-electron chi connectivity index (χ0n) is 10.4. The predicted molar refractivity (Wildman–Crippen MR) is 75.0 cm³/mol. The minimum absolute atomic E-state index is 0.209. The molecule has 0 aliphatic carbocycles. The SMILES string of the molecule is CCOc1cccc(-c2cc(C(=O)O)ccc2Cl)c1. The van der Waals surface area contributed by atoms with E-state index in [1.807, 2.05) is 31.2 Å². The molecule has 0 fully saturated rings. The Hall–Kier alpha value is -2.00. The Bertz CT molecular complexity index is 608. The number of carboxylic acids is 1. The summed E-state index contributed by atoms with van der Waals surface area (Å²) in [4.78, 5) is 11.0. The first-order valence-electron chi connectivity index (χ1n) is 5.88. The summed E-state index contributed by atoms with van der Waals surface area (Å²) >= 11 is 6.13. The maximum Gasteiger partial charge on any atom is 0.335 e. The van der Waals surface area contributed by atoms with Gasteiger partial charge in [0.15, 0.2) is 0 Å². The standard InChI is InChI=1S/C15H13ClO3/c1-2-19-12-5-3-4-10(8-12)13-9-11(15(17)18)6-7-14(13)16/h3-9H,2H2,1H3,(H,17,18). The van der Waals surface area contributed by atoms with Gasteiger partial charge in [-0.3, -0.25) is 0 Å². The molecule has 1 N–H and O–H groups in total. The van der Waals surface area contributed by atoms with Crippen molar-refractivity contribution >= 4 is 17.6 Å². The van der Waals surface area contributed by atoms with E-state index < -0.39 is 5.97 Å². The first-order valence-corrected chi connectivity index (χ1v) is 6.25. The van der Waals surface area contributed by atoms with Crippen LogP contribution < -0.4 is 4.74 Å². The Morgan fingerprint density at radius 3 is 2.74 bits per heavy atom. The lowest BCUT2D eigenvalue weighted by molar-refractivity contribution is 0.0697. The smallest absolute Gasteiger partial charge is 0.335 e. The van der Waals surface area contributed by atoms with Crippen molar-refractivity contribution in [2.75, 3.05) is 6.61 Å². The van der Waals surface area contributed by atoms with Gasteiger partial charge in [0.1, 0.15) is 5.75 Å². The molecule has 0 aromatic heterocycles. The average Bonchev–Trinajstić information content (AvgIpc) is 2.39. The van der Waals surface area contributed by atoms with Gasteiger partial charge in [-0.25, -0.2) is 4.79 Å². The number of benzene rings is 2. The molecule has 0 aliphatic rings. The lowest BCUT2D eigenvalue weighted by Crippen LogP contribution is -1.96. The first-order chi connectivity index (χ1) is 9.11. The average molecular weight is 277 g/mol. The van der Waals surface area contributed by atoms with Crippen LogP contribution in [0, 0.1) is 0 Å². The maximum atomic E-state index is 11.0. The lowest BCUT2D eigenvalue weighted by atomic mass is 10.0. The Labute approximate surface area is 116 Å². The second kappa shape index (κ2) is 5.76. The van der Waals surface area contributed by atoms with Crippen LogP contribution in [0.15, 0.2) is 42.5 Å². The van der Waals surface area contributed by atoms with Crippen molar-refractivity contribution < 1.29 is 14.6 Å². The normalized spacial score (nSPS) is 10.2. The zero-order valence-corrected chi connectivity index (χ0v) is 11.1. The molecule has 0 spiro atoms. The molecule has 0 amide bonds. The van der Waals surface area contributed by atoms with Crippen LogP contribution in [0.3, 0.4) is 0 Å². The quantitative estimate of drug-likeness (QED) is 0.914. The number of rotatable bonds is 4. The van der Waals surface area contributed by atoms with E-state index in [4.69, 9.17) is 21.4 Å². The van der Waals surface area contributed by atoms with Gasteiger partial charge in [-0.15, -0.1) is 0 Å². The molecular formula is C15H13ClO3. The summed E-state index contributed by atoms with van der Waals surface area (Å²) < 4.78 is 5.43. The molecule has 0 bridgehead atoms. The predicted octanol–water partition coefficient (Wildman–Crippen LogP) is 4.10. The molecule has 98 valence electrons. The number of carbonyl (C=O) groups is 1. The van der Waals surface area contributed by atoms with Crippen LogP contribution in [0.2, 0.25) is 5.02 Å². The number of carboxylic acid groups (broad SMARTS) is 1. The number of halogens is 1. The van der Waals surface area contributed by atoms with Gasteiger partial charge in [0, 0.05) is 10.6 Å². The summed E-state index contributed by atoms with van der Waals surface area (Å²) in [5.41, 5.74) is 1.73. The fraction of sp³-hybridized carbons (Fsp3) is 0.133. The summed E-state index contributed by atoms with van der Waals surface area (Å²) in [6.45, 7) is 2.48. The minimum Gasteiger partial charge on any atom is -0.494 e. The second-order valence-corrected chi connectivity index (χ2v) is 4.37. The lowest BCUT2D eigenvalue weighted by Gasteiger charge is -2.08. The molecule has 4 heteroatoms. The van der Waals surface area contributed by atoms with E-state index >= 15 is 0 Å². The molecule has 0 atom stereocenters. The third-order valence-corrected chi connectivity index (χ3v) is 3.00. The molecule has 3 nitrogen and oxygen atoms in total. The van der Waals surface area contributed by atoms with Crippen LogP contribution in [0.4, 0.5) is 0 Å². The van der Waals surface area contributed by atoms with Crippen molar-refractivity contribution in [1.29, 1.82) is 0 Å². The van der Waals surface area contributed by atoms with Crippen molar-refractivity contribution in [3.63, 3.8) is 0 Å². The molecule has 0 aliphatic heterocycles. The van der Waals surface area contributed by atoms with E-state index in [1.54, 1.807) is 12.1 Å². The highest BCUT2D eigenvalue weighted by Crippen LogP contribution is 2.31. The van der Waals surface area contributed by atoms with E-state index in [0.29, 0.717) is 17.2 Å². The van der Waals surface area contributed by atoms with Gasteiger partial charge in [0.2, 0.25) is 0 Å². The van der Waals surface area contributed by atoms with Gasteiger partial charge < -0.3 is 9.84 Å². The van der Waals surface area contributed by atoms with Crippen molar-refractivity contribution in [2.45, 2.75) is 6.92 Å². The van der Waals surface area contributed by atoms with Gasteiger partial charge in [-0.05, 0) is 42.8 Å². The van der Waals surface area contributed by atoms with E-state index in [9.17, 15) is 4.79 Å². The molecule has 0 unspecified atom stereocenters. The van der Waals surface area contributed by atoms with Gasteiger partial charge in [-0.2, -0.15) is 0 Å². The molecule has 2 rings (SSSR count). The number of ether oxygens (including phenoxy) is 1. The molecule has 0 radical (unpaired) electrons. The van der Waals surface area contributed by atoms with Crippen LogP contribution in [0.25, 0.3) is 11.1 Å². The van der Waals surface area contributed by atoms with Gasteiger partial charge >= 0.3 is 5.97 Å². The highest BCUT2D eigenvalue weighted by atomic mass is 35.5. The van der Waals surface area contributed by atoms with Crippen LogP contribution in [-0.2, 0) is 0 Å². The van der Waals surface area contributed by atoms with Crippen LogP contribution in [-0.4, -0.2) is 17.7 Å². The molecule has 0 saturated carbocycles. The van der Waals surface area contributed by atoms with E-state index in [-0.39, 0.29) is 5.56 Å². The number of hydrogen-bond donors (Lipinski definition) is 1. The summed E-state index contributed by atoms with van der Waals surface area (Å²) in [7, 11) is 0. The Morgan fingerprint density at radius 2 is 2.05 bits per heavy atom. The van der Waals surface area contributed by atoms with Crippen molar-refractivity contribution in [3.05, 3.63) is 53.1 Å². The fourth-order valence-corrected chi connectivity index (χ4v) is 2.03. The monoisotopic (exact) mass is 276 g/mol. The topological polar surface area (TPSA) is 46.5 Å². The molecule has 2 aromatic carbocycles. The van der Waals surface area contributed by atoms with E-state index in [1.165, 1.54) is 6.07 Å². The molecule has 0 saturated heterocycles. The molecular weight excluding hydrogens is 264 g/mol. The van der Waals surface area contributed by atoms with Crippen LogP contribution in [0.5, 0.6) is 5.75 Å². The van der Waals surface area contributed by atoms with Crippen molar-refractivity contribution in [1.82, 2.24) is 0 Å². The largest absolute Gasteiger partial charge is 0.494 e. The minimum atomic E-state index is -0.973. The summed E-state index contributed by atoms with van der Waals surface area (Å²) in [6, 6.07) is 12.1. The number of aromatic carboxylic acids is 1. The maximum absolute atomic E-state index is 11.0. The Balaban J connectivity index is 2.48. The molecule has 2 aromatic rings. The third-order valence-electron chi connectivity index (χ3n) is 2.67. The first kappa shape index (κ1) is 13.4. The highest BCUT2D eigenvalue weighted by molar-refractivity contribution is 6.33. The highest BCUT2D eigenvalue weighted by Gasteiger charge is 2.09. The Morgan fingerprint density at radius 1 is 1.26 bits per heavy atom.